The van der Waals surface area contributed by atoms with E-state index in [4.69, 9.17) is 15.2 Å². The van der Waals surface area contributed by atoms with Crippen LogP contribution in [0.3, 0.4) is 0 Å². The standard InChI is InChI=1S/2C19H16N.C18H14N.C17H14N.C11H8N.2C5H8O2.5Ir/c1-14-10-15(2)12-18(11-14)16-6-5-7-17(13-16)19-8-3-4-9-20-19;1-2-15-11-12-20-19(13-15)18-10-6-9-17(14-18)16-7-4-3-5-8-16;1-14-6-5-9-16(12-14)17-10-11-19-18(13-17)15-7-3-2-4-8-15;1-12-9-13(2)11-15(10-12)17-8-7-14-5-3-4-6-16(14)18-17;1-2-6-10(7-3-1)11-8-4-5-9-12-11;2*1-4(6)3-5(2)7;;;;;/h3-6,8-13H,1-2H3;3-9,11-14H,2H2,1H3;2-7,9-13H,1H3;3-10H,1-2H3;1-6,8-9H;2*3,6H,1-2H3;;;;;/q5*-1;;;;;;;. The molecule has 0 saturated carbocycles. The summed E-state index contributed by atoms with van der Waals surface area (Å²) in [7, 11) is 0. The number of allylic oxidation sites excluding steroid dienone is 4. The number of aliphatic hydroxyl groups excluding tert-OH is 2. The molecule has 14 aromatic rings. The minimum atomic E-state index is -0.125. The van der Waals surface area contributed by atoms with Gasteiger partial charge in [0.25, 0.3) is 0 Å². The number of aryl methyl sites for hydroxylation is 6. The fourth-order valence-electron chi connectivity index (χ4n) is 10.8. The molecule has 0 atom stereocenters. The Kier molecular flexibility index (Phi) is 42.6. The number of pyridine rings is 5. The maximum Gasteiger partial charge on any atom is 0.155 e. The molecule has 0 aliphatic heterocycles. The van der Waals surface area contributed by atoms with E-state index in [1.165, 1.54) is 106 Å². The number of carbonyl (C=O) groups is 2. The SMILES string of the molecule is CC(=O)C=C(C)O.CC(=O)C=C(C)O.CCc1ccnc(-c2[c-]ccc(-c3ccccc3)c2)c1.Cc1[c-]c(-c2ccc3ccccc3n2)cc(C)c1.Cc1cc(C)cc(-c2cc[c-]c(-c3ccccn3)c2)c1.Cc1cccc(-c2ccnc(-c3[c-]cccc3)c2)c1.[Ir].[Ir].[Ir].[Ir].[Ir].[c-]1ccccc1-c1ccccn1. The molecule has 5 heterocycles. The predicted molar refractivity (Wildman–Crippen MR) is 424 cm³/mol. The molecule has 5 aromatic heterocycles. The Bertz CT molecular complexity index is 4970. The Hall–Kier alpha value is -9.34. The molecule has 108 heavy (non-hydrogen) atoms. The van der Waals surface area contributed by atoms with E-state index < -0.39 is 0 Å². The van der Waals surface area contributed by atoms with Crippen LogP contribution in [0.1, 0.15) is 68.0 Å². The van der Waals surface area contributed by atoms with E-state index in [9.17, 15) is 9.59 Å². The Morgan fingerprint density at radius 1 is 0.343 bits per heavy atom. The van der Waals surface area contributed by atoms with E-state index in [1.54, 1.807) is 6.20 Å². The third-order valence-electron chi connectivity index (χ3n) is 15.3. The first kappa shape index (κ1) is 92.9. The molecule has 0 fully saturated rings. The molecule has 0 spiro atoms. The van der Waals surface area contributed by atoms with Gasteiger partial charge in [0, 0.05) is 137 Å². The Balaban J connectivity index is 0.000000333. The normalized spacial score (nSPS) is 10.1. The number of ketones is 2. The van der Waals surface area contributed by atoms with E-state index >= 15 is 0 Å². The second kappa shape index (κ2) is 49.6. The molecule has 14 rings (SSSR count). The number of rotatable bonds is 11. The van der Waals surface area contributed by atoms with Gasteiger partial charge in [0.15, 0.2) is 11.6 Å². The molecule has 5 radical (unpaired) electrons. The van der Waals surface area contributed by atoms with Crippen molar-refractivity contribution in [2.45, 2.75) is 75.7 Å². The monoisotopic (exact) mass is 2310 g/mol. The summed E-state index contributed by atoms with van der Waals surface area (Å²) in [6.07, 6.45) is 10.7. The quantitative estimate of drug-likeness (QED) is 0.0736. The van der Waals surface area contributed by atoms with Crippen molar-refractivity contribution in [3.8, 4) is 89.7 Å². The summed E-state index contributed by atoms with van der Waals surface area (Å²) in [6.45, 7) is 18.4. The fourth-order valence-corrected chi connectivity index (χ4v) is 10.8. The van der Waals surface area contributed by atoms with Crippen LogP contribution in [0, 0.1) is 65.0 Å². The van der Waals surface area contributed by atoms with Crippen molar-refractivity contribution >= 4 is 22.5 Å². The molecular formula is C94H84Ir5N5O4-5. The summed E-state index contributed by atoms with van der Waals surface area (Å²) in [5, 5.41) is 17.9. The van der Waals surface area contributed by atoms with E-state index in [1.807, 2.05) is 146 Å². The number of carbonyl (C=O) groups excluding carboxylic acids is 2. The van der Waals surface area contributed by atoms with Crippen LogP contribution in [0.15, 0.2) is 315 Å². The summed E-state index contributed by atoms with van der Waals surface area (Å²) < 4.78 is 0. The zero-order valence-electron chi connectivity index (χ0n) is 61.7. The molecule has 9 nitrogen and oxygen atoms in total. The van der Waals surface area contributed by atoms with Gasteiger partial charge in [-0.05, 0) is 141 Å². The Morgan fingerprint density at radius 3 is 1.33 bits per heavy atom. The van der Waals surface area contributed by atoms with Gasteiger partial charge in [0.2, 0.25) is 0 Å². The largest absolute Gasteiger partial charge is 0.512 e. The number of fused-ring (bicyclic) bond motifs is 1. The Morgan fingerprint density at radius 2 is 0.806 bits per heavy atom. The van der Waals surface area contributed by atoms with E-state index in [0.29, 0.717) is 0 Å². The van der Waals surface area contributed by atoms with E-state index in [2.05, 4.69) is 231 Å². The number of nitrogens with zero attached hydrogens (tertiary/aromatic N) is 5. The first-order chi connectivity index (χ1) is 49.8. The van der Waals surface area contributed by atoms with Gasteiger partial charge in [0.05, 0.1) is 17.0 Å². The molecule has 9 aromatic carbocycles. The topological polar surface area (TPSA) is 139 Å². The summed E-state index contributed by atoms with van der Waals surface area (Å²) in [6, 6.07) is 107. The number of para-hydroxylation sites is 1. The molecule has 559 valence electrons. The van der Waals surface area contributed by atoms with Gasteiger partial charge in [-0.25, -0.2) is 0 Å². The second-order valence-electron chi connectivity index (χ2n) is 24.3. The number of hydrogen-bond donors (Lipinski definition) is 2. The molecule has 0 bridgehead atoms. The van der Waals surface area contributed by atoms with Crippen LogP contribution < -0.4 is 0 Å². The molecule has 2 N–H and O–H groups in total. The van der Waals surface area contributed by atoms with Gasteiger partial charge in [-0.2, -0.15) is 0 Å². The summed E-state index contributed by atoms with van der Waals surface area (Å²) in [5.74, 6) is -0.125. The molecule has 0 amide bonds. The Labute approximate surface area is 705 Å². The van der Waals surface area contributed by atoms with Gasteiger partial charge in [0.1, 0.15) is 0 Å². The van der Waals surface area contributed by atoms with Crippen molar-refractivity contribution in [3.63, 3.8) is 0 Å². The van der Waals surface area contributed by atoms with Gasteiger partial charge in [-0.15, -0.1) is 177 Å². The van der Waals surface area contributed by atoms with Gasteiger partial charge < -0.3 is 30.1 Å². The minimum Gasteiger partial charge on any atom is -0.512 e. The van der Waals surface area contributed by atoms with Gasteiger partial charge in [-0.3, -0.25) is 14.6 Å². The molecular weight excluding hydrogens is 2220 g/mol. The minimum absolute atomic E-state index is 0. The molecule has 0 saturated heterocycles. The summed E-state index contributed by atoms with van der Waals surface area (Å²) >= 11 is 0. The molecule has 0 aliphatic carbocycles. The van der Waals surface area contributed by atoms with Crippen molar-refractivity contribution in [3.05, 3.63) is 379 Å². The summed E-state index contributed by atoms with van der Waals surface area (Å²) in [4.78, 5) is 42.2. The van der Waals surface area contributed by atoms with Crippen molar-refractivity contribution < 1.29 is 120 Å². The zero-order chi connectivity index (χ0) is 73.3. The predicted octanol–water partition coefficient (Wildman–Crippen LogP) is 23.1. The van der Waals surface area contributed by atoms with Crippen molar-refractivity contribution in [1.29, 1.82) is 0 Å². The number of hydrogen-bond acceptors (Lipinski definition) is 9. The zero-order valence-corrected chi connectivity index (χ0v) is 73.7. The van der Waals surface area contributed by atoms with Crippen LogP contribution in [0.25, 0.3) is 101 Å². The average molecular weight is 2310 g/mol. The van der Waals surface area contributed by atoms with Crippen LogP contribution in [-0.2, 0) is 117 Å². The molecule has 14 heteroatoms. The fraction of sp³-hybridized carbons (Fsp3) is 0.117. The van der Waals surface area contributed by atoms with Crippen LogP contribution in [0.4, 0.5) is 0 Å². The number of aromatic nitrogens is 5. The van der Waals surface area contributed by atoms with Crippen LogP contribution in [0.2, 0.25) is 0 Å². The van der Waals surface area contributed by atoms with Crippen LogP contribution in [-0.4, -0.2) is 46.7 Å². The maximum atomic E-state index is 10.0. The van der Waals surface area contributed by atoms with Crippen molar-refractivity contribution in [1.82, 2.24) is 24.9 Å². The van der Waals surface area contributed by atoms with E-state index in [-0.39, 0.29) is 124 Å². The van der Waals surface area contributed by atoms with E-state index in [0.717, 1.165) is 73.8 Å². The number of aliphatic hydroxyl groups is 2. The van der Waals surface area contributed by atoms with Gasteiger partial charge >= 0.3 is 0 Å². The second-order valence-corrected chi connectivity index (χ2v) is 24.3. The van der Waals surface area contributed by atoms with Crippen molar-refractivity contribution in [2.24, 2.45) is 0 Å². The van der Waals surface area contributed by atoms with Crippen LogP contribution >= 0.6 is 0 Å². The third-order valence-corrected chi connectivity index (χ3v) is 15.3. The first-order valence-electron chi connectivity index (χ1n) is 33.9. The average Bonchev–Trinajstić information content (AvgIpc) is 0.827. The first-order valence-corrected chi connectivity index (χ1v) is 33.9. The maximum absolute atomic E-state index is 10.0. The smallest absolute Gasteiger partial charge is 0.155 e. The third kappa shape index (κ3) is 31.8. The number of benzene rings is 9. The molecule has 0 unspecified atom stereocenters. The summed E-state index contributed by atoms with van der Waals surface area (Å²) in [5.41, 5.74) is 25.9. The van der Waals surface area contributed by atoms with Crippen LogP contribution in [0.5, 0.6) is 0 Å². The molecule has 0 aliphatic rings. The van der Waals surface area contributed by atoms with Gasteiger partial charge in [-0.1, -0.05) is 183 Å². The van der Waals surface area contributed by atoms with Crippen molar-refractivity contribution in [2.75, 3.05) is 0 Å².